The van der Waals surface area contributed by atoms with Gasteiger partial charge >= 0.3 is 0 Å². The summed E-state index contributed by atoms with van der Waals surface area (Å²) in [6.07, 6.45) is 0.679. The largest absolute Gasteiger partial charge is 0.443 e. The zero-order chi connectivity index (χ0) is 25.5. The molecule has 0 saturated heterocycles. The first kappa shape index (κ1) is 26.1. The molecule has 0 spiro atoms. The average Bonchev–Trinajstić information content (AvgIpc) is 2.84. The molecule has 0 radical (unpaired) electrons. The number of benzene rings is 4. The predicted octanol–water partition coefficient (Wildman–Crippen LogP) is 9.64. The van der Waals surface area contributed by atoms with Gasteiger partial charge in [0.15, 0.2) is 5.90 Å². The number of hydrogen-bond acceptors (Lipinski definition) is 4. The highest BCUT2D eigenvalue weighted by molar-refractivity contribution is 8.17. The van der Waals surface area contributed by atoms with Crippen LogP contribution in [0.4, 0.5) is 5.69 Å². The van der Waals surface area contributed by atoms with Gasteiger partial charge in [0.2, 0.25) is 0 Å². The number of aryl methyl sites for hydroxylation is 5. The summed E-state index contributed by atoms with van der Waals surface area (Å²) >= 11 is 3.71. The number of nitrogens with zero attached hydrogens (tertiary/aromatic N) is 1. The van der Waals surface area contributed by atoms with Gasteiger partial charge in [0.25, 0.3) is 0 Å². The van der Waals surface area contributed by atoms with Gasteiger partial charge in [-0.15, -0.1) is 23.5 Å². The van der Waals surface area contributed by atoms with Crippen LogP contribution in [-0.2, 0) is 0 Å². The minimum Gasteiger partial charge on any atom is -0.443 e. The van der Waals surface area contributed by atoms with Crippen LogP contribution in [0.1, 0.15) is 34.2 Å². The van der Waals surface area contributed by atoms with Crippen LogP contribution in [0.2, 0.25) is 0 Å². The number of hydrogen-bond donors (Lipinski definition) is 0. The van der Waals surface area contributed by atoms with E-state index in [1.165, 1.54) is 32.0 Å². The van der Waals surface area contributed by atoms with E-state index in [0.717, 1.165) is 17.0 Å². The zero-order valence-electron chi connectivity index (χ0n) is 21.6. The Morgan fingerprint density at radius 2 is 1.28 bits per heavy atom. The summed E-state index contributed by atoms with van der Waals surface area (Å²) in [5, 5.41) is 0. The second-order valence-electron chi connectivity index (χ2n) is 9.19. The molecule has 2 nitrogen and oxygen atoms in total. The van der Waals surface area contributed by atoms with Crippen molar-refractivity contribution in [2.24, 2.45) is 4.99 Å². The lowest BCUT2D eigenvalue weighted by Crippen LogP contribution is -2.14. The standard InChI is InChI=1S/C32H33NOS2/c1-22-9-15-29(16-10-22)35-32(36-30-17-11-23(2)12-18-30)21-31(34-28-8-6-7-24(3)19-28)33-27-14-13-25(4)26(5)20-27/h6-20,32H,21H2,1-5H3. The van der Waals surface area contributed by atoms with Crippen molar-refractivity contribution in [2.45, 2.75) is 55.4 Å². The van der Waals surface area contributed by atoms with Crippen molar-refractivity contribution in [3.05, 3.63) is 119 Å². The Bertz CT molecular complexity index is 1280. The third kappa shape index (κ3) is 7.78. The molecular formula is C32H33NOS2. The highest BCUT2D eigenvalue weighted by Crippen LogP contribution is 2.38. The molecular weight excluding hydrogens is 478 g/mol. The maximum atomic E-state index is 6.44. The fourth-order valence-corrected chi connectivity index (χ4v) is 6.16. The van der Waals surface area contributed by atoms with E-state index >= 15 is 0 Å². The highest BCUT2D eigenvalue weighted by Gasteiger charge is 2.18. The highest BCUT2D eigenvalue weighted by atomic mass is 32.2. The molecule has 36 heavy (non-hydrogen) atoms. The Labute approximate surface area is 224 Å². The third-order valence-corrected chi connectivity index (χ3v) is 8.41. The molecule has 4 aromatic carbocycles. The Kier molecular flexibility index (Phi) is 8.95. The van der Waals surface area contributed by atoms with Gasteiger partial charge < -0.3 is 4.74 Å². The topological polar surface area (TPSA) is 21.6 Å². The van der Waals surface area contributed by atoms with E-state index in [9.17, 15) is 0 Å². The molecule has 0 N–H and O–H groups in total. The smallest absolute Gasteiger partial charge is 0.197 e. The Morgan fingerprint density at radius 3 is 1.83 bits per heavy atom. The molecule has 0 heterocycles. The number of thioether (sulfide) groups is 2. The summed E-state index contributed by atoms with van der Waals surface area (Å²) in [6.45, 7) is 10.6. The van der Waals surface area contributed by atoms with Crippen LogP contribution in [0, 0.1) is 34.6 Å². The van der Waals surface area contributed by atoms with E-state index in [2.05, 4.69) is 113 Å². The SMILES string of the molecule is Cc1ccc(SC(CC(=Nc2ccc(C)c(C)c2)Oc2cccc(C)c2)Sc2ccc(C)cc2)cc1. The summed E-state index contributed by atoms with van der Waals surface area (Å²) in [5.41, 5.74) is 7.10. The van der Waals surface area contributed by atoms with Gasteiger partial charge in [-0.05, 0) is 99.8 Å². The van der Waals surface area contributed by atoms with Crippen molar-refractivity contribution in [2.75, 3.05) is 0 Å². The van der Waals surface area contributed by atoms with E-state index in [0.29, 0.717) is 12.3 Å². The van der Waals surface area contributed by atoms with Gasteiger partial charge in [-0.3, -0.25) is 0 Å². The lowest BCUT2D eigenvalue weighted by atomic mass is 10.1. The Morgan fingerprint density at radius 1 is 0.667 bits per heavy atom. The fraction of sp³-hybridized carbons (Fsp3) is 0.219. The monoisotopic (exact) mass is 511 g/mol. The van der Waals surface area contributed by atoms with Crippen molar-refractivity contribution >= 4 is 35.1 Å². The second-order valence-corrected chi connectivity index (χ2v) is 12.0. The first-order valence-electron chi connectivity index (χ1n) is 12.2. The Balaban J connectivity index is 1.66. The Hall–Kier alpha value is -2.95. The number of rotatable bonds is 8. The van der Waals surface area contributed by atoms with E-state index in [-0.39, 0.29) is 4.58 Å². The summed E-state index contributed by atoms with van der Waals surface area (Å²) in [4.78, 5) is 7.49. The summed E-state index contributed by atoms with van der Waals surface area (Å²) in [5.74, 6) is 1.53. The van der Waals surface area contributed by atoms with E-state index < -0.39 is 0 Å². The van der Waals surface area contributed by atoms with Crippen molar-refractivity contribution < 1.29 is 4.74 Å². The van der Waals surface area contributed by atoms with Crippen LogP contribution in [0.15, 0.2) is 106 Å². The molecule has 0 bridgehead atoms. The second kappa shape index (κ2) is 12.3. The summed E-state index contributed by atoms with van der Waals surface area (Å²) in [6, 6.07) is 32.0. The van der Waals surface area contributed by atoms with E-state index in [1.54, 1.807) is 0 Å². The normalized spacial score (nSPS) is 11.7. The maximum absolute atomic E-state index is 6.44. The molecule has 0 aliphatic heterocycles. The van der Waals surface area contributed by atoms with Crippen molar-refractivity contribution in [3.63, 3.8) is 0 Å². The molecule has 0 atom stereocenters. The lowest BCUT2D eigenvalue weighted by molar-refractivity contribution is 0.535. The third-order valence-electron chi connectivity index (χ3n) is 5.89. The summed E-state index contributed by atoms with van der Waals surface area (Å²) in [7, 11) is 0. The van der Waals surface area contributed by atoms with Crippen LogP contribution in [0.25, 0.3) is 0 Å². The molecule has 4 rings (SSSR count). The molecule has 0 saturated carbocycles. The van der Waals surface area contributed by atoms with Gasteiger partial charge in [0.1, 0.15) is 5.75 Å². The first-order chi connectivity index (χ1) is 17.3. The lowest BCUT2D eigenvalue weighted by Gasteiger charge is -2.19. The zero-order valence-corrected chi connectivity index (χ0v) is 23.2. The van der Waals surface area contributed by atoms with E-state index in [4.69, 9.17) is 9.73 Å². The van der Waals surface area contributed by atoms with Crippen LogP contribution in [0.5, 0.6) is 5.75 Å². The van der Waals surface area contributed by atoms with Crippen LogP contribution < -0.4 is 4.74 Å². The molecule has 0 fully saturated rings. The number of aliphatic imine (C=N–C) groups is 1. The average molecular weight is 512 g/mol. The van der Waals surface area contributed by atoms with Crippen LogP contribution in [0.3, 0.4) is 0 Å². The van der Waals surface area contributed by atoms with E-state index in [1.807, 2.05) is 35.7 Å². The molecule has 0 amide bonds. The van der Waals surface area contributed by atoms with Gasteiger partial charge in [0, 0.05) is 16.2 Å². The van der Waals surface area contributed by atoms with Crippen molar-refractivity contribution in [3.8, 4) is 5.75 Å². The fourth-order valence-electron chi connectivity index (χ4n) is 3.65. The van der Waals surface area contributed by atoms with Crippen molar-refractivity contribution in [1.82, 2.24) is 0 Å². The number of ether oxygens (including phenoxy) is 1. The quantitative estimate of drug-likeness (QED) is 0.102. The van der Waals surface area contributed by atoms with Gasteiger partial charge in [-0.25, -0.2) is 4.99 Å². The minimum atomic E-state index is 0.186. The van der Waals surface area contributed by atoms with Crippen LogP contribution >= 0.6 is 23.5 Å². The molecule has 4 aromatic rings. The maximum Gasteiger partial charge on any atom is 0.197 e. The predicted molar refractivity (Wildman–Crippen MR) is 157 cm³/mol. The molecule has 0 unspecified atom stereocenters. The van der Waals surface area contributed by atoms with Crippen molar-refractivity contribution in [1.29, 1.82) is 0 Å². The molecule has 4 heteroatoms. The summed E-state index contributed by atoms with van der Waals surface area (Å²) < 4.78 is 6.62. The van der Waals surface area contributed by atoms with Crippen LogP contribution in [-0.4, -0.2) is 10.5 Å². The molecule has 0 aromatic heterocycles. The van der Waals surface area contributed by atoms with Gasteiger partial charge in [-0.2, -0.15) is 0 Å². The first-order valence-corrected chi connectivity index (χ1v) is 14.0. The van der Waals surface area contributed by atoms with Gasteiger partial charge in [0.05, 0.1) is 10.3 Å². The van der Waals surface area contributed by atoms with Gasteiger partial charge in [-0.1, -0.05) is 53.6 Å². The molecule has 0 aliphatic carbocycles. The molecule has 184 valence electrons. The molecule has 0 aliphatic rings. The minimum absolute atomic E-state index is 0.186.